The van der Waals surface area contributed by atoms with E-state index < -0.39 is 0 Å². The number of nitrogens with zero attached hydrogens (tertiary/aromatic N) is 2. The summed E-state index contributed by atoms with van der Waals surface area (Å²) in [5.41, 5.74) is -0.217. The number of hydrogen-bond donors (Lipinski definition) is 2. The minimum Gasteiger partial charge on any atom is -0.489 e. The fourth-order valence-corrected chi connectivity index (χ4v) is 2.66. The normalized spacial score (nSPS) is 19.5. The van der Waals surface area contributed by atoms with Gasteiger partial charge in [0.2, 0.25) is 5.75 Å². The standard InChI is InChI=1S/C13H22N4O2/c1-14-7-6-10-5-3-4-8-17(10)12-11(19-2)13(18)16-9-15-12/h9-10,14H,3-8H2,1-2H3,(H,15,16,18). The van der Waals surface area contributed by atoms with Gasteiger partial charge in [0.15, 0.2) is 5.82 Å². The van der Waals surface area contributed by atoms with Crippen LogP contribution in [-0.2, 0) is 0 Å². The van der Waals surface area contributed by atoms with Gasteiger partial charge in [-0.15, -0.1) is 0 Å². The zero-order chi connectivity index (χ0) is 13.7. The summed E-state index contributed by atoms with van der Waals surface area (Å²) in [6, 6.07) is 0.421. The minimum atomic E-state index is -0.217. The van der Waals surface area contributed by atoms with Gasteiger partial charge in [-0.25, -0.2) is 4.98 Å². The molecule has 1 aliphatic heterocycles. The van der Waals surface area contributed by atoms with Gasteiger partial charge in [-0.1, -0.05) is 0 Å². The highest BCUT2D eigenvalue weighted by Crippen LogP contribution is 2.29. The van der Waals surface area contributed by atoms with Gasteiger partial charge >= 0.3 is 0 Å². The maximum absolute atomic E-state index is 11.8. The van der Waals surface area contributed by atoms with Crippen molar-refractivity contribution in [1.82, 2.24) is 15.3 Å². The van der Waals surface area contributed by atoms with Gasteiger partial charge in [0.05, 0.1) is 13.4 Å². The molecule has 2 rings (SSSR count). The minimum absolute atomic E-state index is 0.217. The highest BCUT2D eigenvalue weighted by molar-refractivity contribution is 5.51. The molecule has 1 aromatic rings. The summed E-state index contributed by atoms with van der Waals surface area (Å²) < 4.78 is 5.22. The topological polar surface area (TPSA) is 70.2 Å². The third kappa shape index (κ3) is 3.07. The fourth-order valence-electron chi connectivity index (χ4n) is 2.66. The van der Waals surface area contributed by atoms with Gasteiger partial charge in [-0.2, -0.15) is 0 Å². The summed E-state index contributed by atoms with van der Waals surface area (Å²) in [6.45, 7) is 1.90. The number of piperidine rings is 1. The van der Waals surface area contributed by atoms with E-state index in [0.29, 0.717) is 17.6 Å². The van der Waals surface area contributed by atoms with Gasteiger partial charge in [0.1, 0.15) is 0 Å². The molecule has 1 aliphatic rings. The monoisotopic (exact) mass is 266 g/mol. The van der Waals surface area contributed by atoms with Crippen molar-refractivity contribution < 1.29 is 4.74 Å². The molecule has 6 nitrogen and oxygen atoms in total. The Morgan fingerprint density at radius 1 is 1.58 bits per heavy atom. The summed E-state index contributed by atoms with van der Waals surface area (Å²) >= 11 is 0. The van der Waals surface area contributed by atoms with E-state index in [1.165, 1.54) is 19.9 Å². The van der Waals surface area contributed by atoms with E-state index >= 15 is 0 Å². The molecule has 2 N–H and O–H groups in total. The lowest BCUT2D eigenvalue weighted by molar-refractivity contribution is 0.389. The van der Waals surface area contributed by atoms with E-state index in [1.54, 1.807) is 0 Å². The van der Waals surface area contributed by atoms with Gasteiger partial charge in [-0.3, -0.25) is 4.79 Å². The van der Waals surface area contributed by atoms with Crippen molar-refractivity contribution in [1.29, 1.82) is 0 Å². The number of rotatable bonds is 5. The average molecular weight is 266 g/mol. The number of aromatic nitrogens is 2. The molecule has 0 spiro atoms. The first-order valence-corrected chi connectivity index (χ1v) is 6.81. The summed E-state index contributed by atoms with van der Waals surface area (Å²) in [6.07, 6.45) is 6.00. The average Bonchev–Trinajstić information content (AvgIpc) is 2.45. The maximum atomic E-state index is 11.8. The van der Waals surface area contributed by atoms with Crippen LogP contribution in [0, 0.1) is 0 Å². The van der Waals surface area contributed by atoms with Crippen LogP contribution in [0.3, 0.4) is 0 Å². The largest absolute Gasteiger partial charge is 0.489 e. The van der Waals surface area contributed by atoms with Crippen LogP contribution in [0.25, 0.3) is 0 Å². The Kier molecular flexibility index (Phi) is 4.79. The predicted molar refractivity (Wildman–Crippen MR) is 74.9 cm³/mol. The summed E-state index contributed by atoms with van der Waals surface area (Å²) in [4.78, 5) is 20.9. The molecule has 0 saturated carbocycles. The Labute approximate surface area is 113 Å². The number of anilines is 1. The van der Waals surface area contributed by atoms with Crippen molar-refractivity contribution in [2.45, 2.75) is 31.7 Å². The molecule has 1 fully saturated rings. The number of aromatic amines is 1. The number of H-pyrrole nitrogens is 1. The molecular formula is C13H22N4O2. The van der Waals surface area contributed by atoms with E-state index in [1.807, 2.05) is 7.05 Å². The summed E-state index contributed by atoms with van der Waals surface area (Å²) in [7, 11) is 3.47. The van der Waals surface area contributed by atoms with E-state index in [-0.39, 0.29) is 5.56 Å². The third-order valence-electron chi connectivity index (χ3n) is 3.62. The molecule has 106 valence electrons. The molecule has 0 bridgehead atoms. The van der Waals surface area contributed by atoms with E-state index in [2.05, 4.69) is 20.2 Å². The number of nitrogens with one attached hydrogen (secondary N) is 2. The van der Waals surface area contributed by atoms with Gasteiger partial charge in [-0.05, 0) is 39.3 Å². The van der Waals surface area contributed by atoms with Crippen molar-refractivity contribution in [2.24, 2.45) is 0 Å². The van der Waals surface area contributed by atoms with Gasteiger partial charge in [0, 0.05) is 12.6 Å². The highest BCUT2D eigenvalue weighted by atomic mass is 16.5. The SMILES string of the molecule is CNCCC1CCCCN1c1nc[nH]c(=O)c1OC. The Morgan fingerprint density at radius 2 is 2.42 bits per heavy atom. The van der Waals surface area contributed by atoms with Crippen LogP contribution in [0.2, 0.25) is 0 Å². The first-order chi connectivity index (χ1) is 9.27. The van der Waals surface area contributed by atoms with Gasteiger partial charge < -0.3 is 19.9 Å². The molecule has 1 unspecified atom stereocenters. The van der Waals surface area contributed by atoms with Crippen molar-refractivity contribution in [2.75, 3.05) is 32.1 Å². The fraction of sp³-hybridized carbons (Fsp3) is 0.692. The van der Waals surface area contributed by atoms with Crippen LogP contribution in [0.4, 0.5) is 5.82 Å². The second-order valence-corrected chi connectivity index (χ2v) is 4.82. The third-order valence-corrected chi connectivity index (χ3v) is 3.62. The Bertz CT molecular complexity index is 460. The first-order valence-electron chi connectivity index (χ1n) is 6.81. The van der Waals surface area contributed by atoms with Crippen LogP contribution >= 0.6 is 0 Å². The molecule has 0 amide bonds. The summed E-state index contributed by atoms with van der Waals surface area (Å²) in [5, 5.41) is 3.18. The molecule has 1 saturated heterocycles. The van der Waals surface area contributed by atoms with E-state index in [4.69, 9.17) is 4.74 Å². The second kappa shape index (κ2) is 6.56. The smallest absolute Gasteiger partial charge is 0.295 e. The first kappa shape index (κ1) is 13.9. The van der Waals surface area contributed by atoms with Crippen LogP contribution in [-0.4, -0.2) is 43.3 Å². The molecule has 2 heterocycles. The zero-order valence-corrected chi connectivity index (χ0v) is 11.6. The van der Waals surface area contributed by atoms with Crippen LogP contribution in [0.5, 0.6) is 5.75 Å². The lowest BCUT2D eigenvalue weighted by Gasteiger charge is -2.37. The van der Waals surface area contributed by atoms with Crippen molar-refractivity contribution in [3.05, 3.63) is 16.7 Å². The second-order valence-electron chi connectivity index (χ2n) is 4.82. The van der Waals surface area contributed by atoms with Crippen LogP contribution in [0.1, 0.15) is 25.7 Å². The van der Waals surface area contributed by atoms with Crippen molar-refractivity contribution >= 4 is 5.82 Å². The lowest BCUT2D eigenvalue weighted by atomic mass is 9.99. The molecule has 1 atom stereocenters. The quantitative estimate of drug-likeness (QED) is 0.823. The van der Waals surface area contributed by atoms with Crippen molar-refractivity contribution in [3.63, 3.8) is 0 Å². The Hall–Kier alpha value is -1.56. The molecule has 0 aliphatic carbocycles. The van der Waals surface area contributed by atoms with Crippen LogP contribution < -0.4 is 20.5 Å². The van der Waals surface area contributed by atoms with Crippen LogP contribution in [0.15, 0.2) is 11.1 Å². The summed E-state index contributed by atoms with van der Waals surface area (Å²) in [5.74, 6) is 0.992. The maximum Gasteiger partial charge on any atom is 0.295 e. The number of methoxy groups -OCH3 is 1. The molecular weight excluding hydrogens is 244 g/mol. The van der Waals surface area contributed by atoms with Gasteiger partial charge in [0.25, 0.3) is 5.56 Å². The lowest BCUT2D eigenvalue weighted by Crippen LogP contribution is -2.42. The highest BCUT2D eigenvalue weighted by Gasteiger charge is 2.26. The Balaban J connectivity index is 2.26. The molecule has 6 heteroatoms. The number of ether oxygens (including phenoxy) is 1. The molecule has 19 heavy (non-hydrogen) atoms. The Morgan fingerprint density at radius 3 is 3.16 bits per heavy atom. The molecule has 0 radical (unpaired) electrons. The molecule has 1 aromatic heterocycles. The number of hydrogen-bond acceptors (Lipinski definition) is 5. The zero-order valence-electron chi connectivity index (χ0n) is 11.6. The van der Waals surface area contributed by atoms with E-state index in [0.717, 1.165) is 32.4 Å². The van der Waals surface area contributed by atoms with Crippen molar-refractivity contribution in [3.8, 4) is 5.75 Å². The molecule has 0 aromatic carbocycles. The van der Waals surface area contributed by atoms with E-state index in [9.17, 15) is 4.79 Å². The predicted octanol–water partition coefficient (Wildman–Crippen LogP) is 0.747.